The van der Waals surface area contributed by atoms with Crippen molar-refractivity contribution in [3.05, 3.63) is 70.3 Å². The van der Waals surface area contributed by atoms with E-state index in [9.17, 15) is 14.4 Å². The average Bonchev–Trinajstić information content (AvgIpc) is 3.13. The predicted molar refractivity (Wildman–Crippen MR) is 109 cm³/mol. The molecule has 1 fully saturated rings. The number of carbonyl (C=O) groups excluding carboxylic acids is 3. The summed E-state index contributed by atoms with van der Waals surface area (Å²) in [4.78, 5) is 37.5. The minimum atomic E-state index is -0.607. The van der Waals surface area contributed by atoms with E-state index in [0.717, 1.165) is 23.2 Å². The highest BCUT2D eigenvalue weighted by Gasteiger charge is 2.21. The molecule has 1 amide bonds. The quantitative estimate of drug-likeness (QED) is 0.416. The topological polar surface area (TPSA) is 63.7 Å². The molecule has 0 spiro atoms. The largest absolute Gasteiger partial charge is 0.454 e. The summed E-state index contributed by atoms with van der Waals surface area (Å²) in [6, 6.07) is 12.2. The first kappa shape index (κ1) is 19.8. The first-order valence-corrected chi connectivity index (χ1v) is 9.36. The summed E-state index contributed by atoms with van der Waals surface area (Å²) in [7, 11) is 0. The molecule has 1 aliphatic heterocycles. The van der Waals surface area contributed by atoms with Gasteiger partial charge in [-0.2, -0.15) is 0 Å². The second-order valence-corrected chi connectivity index (χ2v) is 6.98. The molecule has 1 heterocycles. The minimum Gasteiger partial charge on any atom is -0.454 e. The molecular weight excluding hydrogens is 378 g/mol. The number of carbonyl (C=O) groups is 3. The van der Waals surface area contributed by atoms with Crippen molar-refractivity contribution in [2.24, 2.45) is 0 Å². The number of ketones is 1. The Morgan fingerprint density at radius 2 is 1.93 bits per heavy atom. The number of nitrogens with zero attached hydrogens (tertiary/aromatic N) is 1. The van der Waals surface area contributed by atoms with Crippen molar-refractivity contribution in [3.63, 3.8) is 0 Å². The Balaban J connectivity index is 1.53. The van der Waals surface area contributed by atoms with Crippen LogP contribution in [0.1, 0.15) is 34.3 Å². The highest BCUT2D eigenvalue weighted by atomic mass is 35.5. The van der Waals surface area contributed by atoms with Crippen molar-refractivity contribution in [2.75, 3.05) is 18.1 Å². The summed E-state index contributed by atoms with van der Waals surface area (Å²) in [5.41, 5.74) is 2.92. The highest BCUT2D eigenvalue weighted by Crippen LogP contribution is 2.22. The van der Waals surface area contributed by atoms with Crippen LogP contribution < -0.4 is 4.90 Å². The minimum absolute atomic E-state index is 0.0923. The van der Waals surface area contributed by atoms with E-state index in [2.05, 4.69) is 0 Å². The predicted octanol–water partition coefficient (Wildman–Crippen LogP) is 4.21. The van der Waals surface area contributed by atoms with Crippen LogP contribution in [0.25, 0.3) is 6.08 Å². The van der Waals surface area contributed by atoms with Gasteiger partial charge in [-0.25, -0.2) is 4.79 Å². The van der Waals surface area contributed by atoms with Crippen LogP contribution in [-0.4, -0.2) is 30.8 Å². The number of hydrogen-bond donors (Lipinski definition) is 0. The molecule has 0 atom stereocenters. The zero-order chi connectivity index (χ0) is 20.1. The van der Waals surface area contributed by atoms with E-state index in [0.29, 0.717) is 23.6 Å². The third-order valence-corrected chi connectivity index (χ3v) is 4.93. The van der Waals surface area contributed by atoms with E-state index >= 15 is 0 Å². The maximum atomic E-state index is 12.2. The van der Waals surface area contributed by atoms with E-state index in [1.807, 2.05) is 19.1 Å². The Morgan fingerprint density at radius 1 is 1.18 bits per heavy atom. The zero-order valence-electron chi connectivity index (χ0n) is 15.5. The van der Waals surface area contributed by atoms with Gasteiger partial charge >= 0.3 is 5.97 Å². The van der Waals surface area contributed by atoms with Gasteiger partial charge in [0.15, 0.2) is 12.4 Å². The van der Waals surface area contributed by atoms with Crippen molar-refractivity contribution in [1.82, 2.24) is 0 Å². The maximum absolute atomic E-state index is 12.2. The zero-order valence-corrected chi connectivity index (χ0v) is 16.2. The second kappa shape index (κ2) is 8.85. The molecule has 0 radical (unpaired) electrons. The summed E-state index contributed by atoms with van der Waals surface area (Å²) in [5.74, 6) is -0.821. The monoisotopic (exact) mass is 397 g/mol. The standard InChI is InChI=1S/C22H20ClNO4/c1-15-4-5-16(13-19(15)23)6-11-22(27)28-14-20(25)17-7-9-18(10-8-17)24-12-2-3-21(24)26/h4-11,13H,2-3,12,14H2,1H3/b11-6+. The van der Waals surface area contributed by atoms with Crippen LogP contribution in [0.5, 0.6) is 0 Å². The van der Waals surface area contributed by atoms with E-state index in [4.69, 9.17) is 16.3 Å². The lowest BCUT2D eigenvalue weighted by atomic mass is 10.1. The molecule has 1 saturated heterocycles. The molecule has 5 nitrogen and oxygen atoms in total. The molecule has 28 heavy (non-hydrogen) atoms. The van der Waals surface area contributed by atoms with E-state index in [1.165, 1.54) is 6.08 Å². The molecule has 0 aromatic heterocycles. The number of ether oxygens (including phenoxy) is 1. The van der Waals surface area contributed by atoms with Crippen LogP contribution in [0.4, 0.5) is 5.69 Å². The lowest BCUT2D eigenvalue weighted by Gasteiger charge is -2.15. The molecule has 0 unspecified atom stereocenters. The van der Waals surface area contributed by atoms with Gasteiger partial charge in [-0.05, 0) is 60.9 Å². The van der Waals surface area contributed by atoms with Crippen molar-refractivity contribution >= 4 is 41.0 Å². The van der Waals surface area contributed by atoms with Crippen LogP contribution in [0, 0.1) is 6.92 Å². The fourth-order valence-corrected chi connectivity index (χ4v) is 3.08. The fraction of sp³-hybridized carbons (Fsp3) is 0.227. The number of esters is 1. The number of benzene rings is 2. The molecule has 3 rings (SSSR count). The number of Topliss-reactive ketones (excluding diaryl/α,β-unsaturated/α-hetero) is 1. The van der Waals surface area contributed by atoms with E-state index in [-0.39, 0.29) is 18.3 Å². The summed E-state index contributed by atoms with van der Waals surface area (Å²) in [6.07, 6.45) is 4.24. The Morgan fingerprint density at radius 3 is 2.57 bits per heavy atom. The first-order valence-electron chi connectivity index (χ1n) is 8.98. The fourth-order valence-electron chi connectivity index (χ4n) is 2.89. The van der Waals surface area contributed by atoms with Crippen LogP contribution in [0.3, 0.4) is 0 Å². The molecule has 1 aliphatic rings. The Hall–Kier alpha value is -2.92. The molecule has 2 aromatic rings. The summed E-state index contributed by atoms with van der Waals surface area (Å²) in [5, 5.41) is 0.616. The number of hydrogen-bond acceptors (Lipinski definition) is 4. The lowest BCUT2D eigenvalue weighted by Crippen LogP contribution is -2.23. The van der Waals surface area contributed by atoms with Gasteiger partial charge in [-0.3, -0.25) is 9.59 Å². The molecule has 2 aromatic carbocycles. The second-order valence-electron chi connectivity index (χ2n) is 6.57. The third-order valence-electron chi connectivity index (χ3n) is 4.53. The van der Waals surface area contributed by atoms with Crippen LogP contribution in [-0.2, 0) is 14.3 Å². The Labute approximate surface area is 168 Å². The smallest absolute Gasteiger partial charge is 0.331 e. The number of aryl methyl sites for hydroxylation is 1. The maximum Gasteiger partial charge on any atom is 0.331 e. The molecule has 0 N–H and O–H groups in total. The average molecular weight is 398 g/mol. The van der Waals surface area contributed by atoms with Gasteiger partial charge in [0, 0.05) is 35.3 Å². The van der Waals surface area contributed by atoms with Gasteiger partial charge in [-0.1, -0.05) is 23.7 Å². The molecule has 144 valence electrons. The molecule has 6 heteroatoms. The summed E-state index contributed by atoms with van der Waals surface area (Å²) >= 11 is 6.04. The van der Waals surface area contributed by atoms with Crippen LogP contribution in [0.15, 0.2) is 48.5 Å². The van der Waals surface area contributed by atoms with Crippen molar-refractivity contribution < 1.29 is 19.1 Å². The van der Waals surface area contributed by atoms with Crippen molar-refractivity contribution in [2.45, 2.75) is 19.8 Å². The van der Waals surface area contributed by atoms with Gasteiger partial charge in [0.2, 0.25) is 5.91 Å². The first-order chi connectivity index (χ1) is 13.4. The van der Waals surface area contributed by atoms with Crippen molar-refractivity contribution in [1.29, 1.82) is 0 Å². The van der Waals surface area contributed by atoms with Gasteiger partial charge in [0.05, 0.1) is 0 Å². The van der Waals surface area contributed by atoms with Crippen LogP contribution in [0.2, 0.25) is 5.02 Å². The number of amides is 1. The van der Waals surface area contributed by atoms with E-state index < -0.39 is 5.97 Å². The molecule has 0 saturated carbocycles. The Bertz CT molecular complexity index is 934. The highest BCUT2D eigenvalue weighted by molar-refractivity contribution is 6.31. The summed E-state index contributed by atoms with van der Waals surface area (Å²) < 4.78 is 5.01. The van der Waals surface area contributed by atoms with Gasteiger partial charge in [0.25, 0.3) is 0 Å². The number of anilines is 1. The Kier molecular flexibility index (Phi) is 6.26. The normalized spacial score (nSPS) is 13.9. The molecule has 0 aliphatic carbocycles. The number of halogens is 1. The van der Waals surface area contributed by atoms with Crippen LogP contribution >= 0.6 is 11.6 Å². The van der Waals surface area contributed by atoms with Crippen molar-refractivity contribution in [3.8, 4) is 0 Å². The molecular formula is C22H20ClNO4. The number of rotatable bonds is 6. The third kappa shape index (κ3) is 4.87. The SMILES string of the molecule is Cc1ccc(/C=C/C(=O)OCC(=O)c2ccc(N3CCCC3=O)cc2)cc1Cl. The van der Waals surface area contributed by atoms with Gasteiger partial charge < -0.3 is 9.64 Å². The lowest BCUT2D eigenvalue weighted by molar-refractivity contribution is -0.136. The van der Waals surface area contributed by atoms with Gasteiger partial charge in [0.1, 0.15) is 0 Å². The van der Waals surface area contributed by atoms with E-state index in [1.54, 1.807) is 41.3 Å². The molecule has 0 bridgehead atoms. The summed E-state index contributed by atoms with van der Waals surface area (Å²) in [6.45, 7) is 2.24. The van der Waals surface area contributed by atoms with Gasteiger partial charge in [-0.15, -0.1) is 0 Å².